The molecule has 240 valence electrons. The van der Waals surface area contributed by atoms with Gasteiger partial charge in [0.25, 0.3) is 0 Å². The van der Waals surface area contributed by atoms with E-state index >= 15 is 0 Å². The topological polar surface area (TPSA) is 42.7 Å². The smallest absolute Gasteiger partial charge is 0.111 e. The molecular formula is C40H60N4. The zero-order chi connectivity index (χ0) is 31.2. The first kappa shape index (κ1) is 34.2. The van der Waals surface area contributed by atoms with E-state index < -0.39 is 0 Å². The maximum absolute atomic E-state index is 5.29. The molecule has 4 heteroatoms. The largest absolute Gasteiger partial charge is 0.323 e. The van der Waals surface area contributed by atoms with Crippen LogP contribution in [0.2, 0.25) is 0 Å². The number of unbranched alkanes of at least 4 members (excludes halogenated alkanes) is 11. The molecule has 2 aromatic carbocycles. The zero-order valence-electron chi connectivity index (χ0n) is 28.7. The first-order chi connectivity index (χ1) is 21.4. The predicted octanol–water partition coefficient (Wildman–Crippen LogP) is 11.0. The third kappa shape index (κ3) is 10.4. The highest BCUT2D eigenvalue weighted by Gasteiger charge is 2.22. The van der Waals surface area contributed by atoms with Gasteiger partial charge in [0, 0.05) is 24.9 Å². The van der Waals surface area contributed by atoms with E-state index in [1.807, 2.05) is 0 Å². The molecule has 4 rings (SSSR count). The molecule has 0 saturated heterocycles. The molecule has 0 aliphatic heterocycles. The number of aromatic nitrogens is 3. The molecule has 0 aliphatic carbocycles. The molecule has 0 amide bonds. The van der Waals surface area contributed by atoms with Crippen LogP contribution < -0.4 is 5.32 Å². The lowest BCUT2D eigenvalue weighted by Gasteiger charge is -2.18. The fraction of sp³-hybridized carbons (Fsp3) is 0.600. The van der Waals surface area contributed by atoms with E-state index in [9.17, 15) is 0 Å². The number of fused-ring (bicyclic) bond motifs is 3. The van der Waals surface area contributed by atoms with Gasteiger partial charge < -0.3 is 9.88 Å². The molecule has 0 aliphatic rings. The standard InChI is InChI=1S/C40H60N4/c1-6-8-10-11-12-13-14-15-16-17-20-28-41-30-32-24-26-33(27-25-32)31-44-37(23-9-7-2)43-38-36(29-40(3,4)5)42-35-22-19-18-21-34(35)39(38)44/h18-19,21-22,24-27,41H,6-17,20,23,28-31H2,1-5H3. The maximum Gasteiger partial charge on any atom is 0.111 e. The lowest BCUT2D eigenvalue weighted by Crippen LogP contribution is -2.14. The summed E-state index contributed by atoms with van der Waals surface area (Å²) in [6.07, 6.45) is 19.6. The zero-order valence-corrected chi connectivity index (χ0v) is 28.7. The van der Waals surface area contributed by atoms with Crippen LogP contribution >= 0.6 is 0 Å². The van der Waals surface area contributed by atoms with Gasteiger partial charge in [0.05, 0.1) is 16.7 Å². The van der Waals surface area contributed by atoms with Crippen LogP contribution in [0.1, 0.15) is 141 Å². The summed E-state index contributed by atoms with van der Waals surface area (Å²) in [5, 5.41) is 4.88. The van der Waals surface area contributed by atoms with E-state index in [-0.39, 0.29) is 5.41 Å². The molecule has 1 N–H and O–H groups in total. The quantitative estimate of drug-likeness (QED) is 0.103. The highest BCUT2D eigenvalue weighted by atomic mass is 15.1. The summed E-state index contributed by atoms with van der Waals surface area (Å²) in [6.45, 7) is 14.3. The van der Waals surface area contributed by atoms with E-state index in [4.69, 9.17) is 9.97 Å². The molecule has 2 aromatic heterocycles. The second-order valence-electron chi connectivity index (χ2n) is 14.3. The number of nitrogens with one attached hydrogen (secondary N) is 1. The van der Waals surface area contributed by atoms with E-state index in [1.165, 1.54) is 98.5 Å². The lowest BCUT2D eigenvalue weighted by atomic mass is 9.89. The first-order valence-electron chi connectivity index (χ1n) is 17.9. The van der Waals surface area contributed by atoms with Gasteiger partial charge in [-0.3, -0.25) is 4.98 Å². The molecule has 0 saturated carbocycles. The highest BCUT2D eigenvalue weighted by molar-refractivity contribution is 6.03. The Morgan fingerprint density at radius 3 is 1.95 bits per heavy atom. The average molecular weight is 597 g/mol. The number of para-hydroxylation sites is 1. The van der Waals surface area contributed by atoms with E-state index in [0.29, 0.717) is 0 Å². The molecule has 0 fully saturated rings. The van der Waals surface area contributed by atoms with Crippen molar-refractivity contribution in [3.05, 3.63) is 71.2 Å². The Balaban J connectivity index is 1.34. The van der Waals surface area contributed by atoms with Crippen molar-refractivity contribution in [1.29, 1.82) is 0 Å². The number of aryl methyl sites for hydroxylation is 1. The third-order valence-corrected chi connectivity index (χ3v) is 8.84. The van der Waals surface area contributed by atoms with Gasteiger partial charge in [-0.15, -0.1) is 0 Å². The summed E-state index contributed by atoms with van der Waals surface area (Å²) in [7, 11) is 0. The van der Waals surface area contributed by atoms with Gasteiger partial charge in [-0.2, -0.15) is 0 Å². The number of rotatable bonds is 20. The Morgan fingerprint density at radius 2 is 1.30 bits per heavy atom. The van der Waals surface area contributed by atoms with Crippen molar-refractivity contribution >= 4 is 21.9 Å². The number of imidazole rings is 1. The molecule has 2 heterocycles. The number of hydrogen-bond acceptors (Lipinski definition) is 3. The van der Waals surface area contributed by atoms with Crippen LogP contribution in [0.5, 0.6) is 0 Å². The average Bonchev–Trinajstić information content (AvgIpc) is 3.37. The second-order valence-corrected chi connectivity index (χ2v) is 14.3. The Morgan fingerprint density at radius 1 is 0.682 bits per heavy atom. The Kier molecular flexibility index (Phi) is 13.7. The van der Waals surface area contributed by atoms with Gasteiger partial charge in [0.2, 0.25) is 0 Å². The first-order valence-corrected chi connectivity index (χ1v) is 17.9. The summed E-state index contributed by atoms with van der Waals surface area (Å²) >= 11 is 0. The second kappa shape index (κ2) is 17.7. The van der Waals surface area contributed by atoms with E-state index in [2.05, 4.69) is 93.0 Å². The van der Waals surface area contributed by atoms with Crippen LogP contribution in [-0.4, -0.2) is 21.1 Å². The number of hydrogen-bond donors (Lipinski definition) is 1. The summed E-state index contributed by atoms with van der Waals surface area (Å²) in [5.41, 5.74) is 7.37. The monoisotopic (exact) mass is 596 g/mol. The number of pyridine rings is 1. The molecule has 4 aromatic rings. The number of benzene rings is 2. The SMILES string of the molecule is CCCCCCCCCCCCCNCc1ccc(Cn2c(CCCC)nc3c(CC(C)(C)C)nc4ccccc4c32)cc1. The summed E-state index contributed by atoms with van der Waals surface area (Å²) in [5.74, 6) is 1.19. The molecule has 0 atom stereocenters. The summed E-state index contributed by atoms with van der Waals surface area (Å²) in [4.78, 5) is 10.4. The minimum Gasteiger partial charge on any atom is -0.323 e. The summed E-state index contributed by atoms with van der Waals surface area (Å²) < 4.78 is 2.49. The normalized spacial score (nSPS) is 12.1. The summed E-state index contributed by atoms with van der Waals surface area (Å²) in [6, 6.07) is 17.8. The van der Waals surface area contributed by atoms with Gasteiger partial charge >= 0.3 is 0 Å². The van der Waals surface area contributed by atoms with E-state index in [1.54, 1.807) is 0 Å². The van der Waals surface area contributed by atoms with Crippen LogP contribution in [0, 0.1) is 5.41 Å². The maximum atomic E-state index is 5.29. The molecule has 0 spiro atoms. The number of nitrogens with zero attached hydrogens (tertiary/aromatic N) is 3. The van der Waals surface area contributed by atoms with Crippen molar-refractivity contribution in [3.8, 4) is 0 Å². The molecule has 44 heavy (non-hydrogen) atoms. The van der Waals surface area contributed by atoms with Crippen LogP contribution in [0.3, 0.4) is 0 Å². The Bertz CT molecular complexity index is 1390. The molecule has 0 radical (unpaired) electrons. The predicted molar refractivity (Wildman–Crippen MR) is 191 cm³/mol. The van der Waals surface area contributed by atoms with Crippen molar-refractivity contribution in [3.63, 3.8) is 0 Å². The minimum absolute atomic E-state index is 0.146. The third-order valence-electron chi connectivity index (χ3n) is 8.84. The lowest BCUT2D eigenvalue weighted by molar-refractivity contribution is 0.408. The molecule has 4 nitrogen and oxygen atoms in total. The van der Waals surface area contributed by atoms with Gasteiger partial charge in [0.1, 0.15) is 11.3 Å². The van der Waals surface area contributed by atoms with Gasteiger partial charge in [-0.1, -0.05) is 148 Å². The van der Waals surface area contributed by atoms with Gasteiger partial charge in [-0.25, -0.2) is 4.98 Å². The highest BCUT2D eigenvalue weighted by Crippen LogP contribution is 2.32. The van der Waals surface area contributed by atoms with Gasteiger partial charge in [0.15, 0.2) is 0 Å². The molecular weight excluding hydrogens is 536 g/mol. The van der Waals surface area contributed by atoms with Crippen LogP contribution in [0.25, 0.3) is 21.9 Å². The van der Waals surface area contributed by atoms with Crippen LogP contribution in [-0.2, 0) is 25.9 Å². The fourth-order valence-electron chi connectivity index (χ4n) is 6.36. The Labute approximate surface area is 268 Å². The Hall–Kier alpha value is -2.72. The molecule has 0 bridgehead atoms. The van der Waals surface area contributed by atoms with Crippen molar-refractivity contribution in [2.24, 2.45) is 5.41 Å². The van der Waals surface area contributed by atoms with Crippen molar-refractivity contribution in [2.45, 2.75) is 144 Å². The van der Waals surface area contributed by atoms with Crippen molar-refractivity contribution in [1.82, 2.24) is 19.9 Å². The van der Waals surface area contributed by atoms with Crippen LogP contribution in [0.15, 0.2) is 48.5 Å². The van der Waals surface area contributed by atoms with Crippen molar-refractivity contribution < 1.29 is 0 Å². The van der Waals surface area contributed by atoms with E-state index in [0.717, 1.165) is 62.0 Å². The minimum atomic E-state index is 0.146. The van der Waals surface area contributed by atoms with Gasteiger partial charge in [-0.05, 0) is 48.4 Å². The molecule has 0 unspecified atom stereocenters. The fourth-order valence-corrected chi connectivity index (χ4v) is 6.36. The van der Waals surface area contributed by atoms with Crippen LogP contribution in [0.4, 0.5) is 0 Å². The van der Waals surface area contributed by atoms with Crippen molar-refractivity contribution in [2.75, 3.05) is 6.54 Å².